The van der Waals surface area contributed by atoms with Crippen LogP contribution in [0.1, 0.15) is 26.2 Å². The number of ether oxygens (including phenoxy) is 1. The molecule has 84 valence electrons. The van der Waals surface area contributed by atoms with Crippen LogP contribution in [0.5, 0.6) is 0 Å². The third-order valence-electron chi connectivity index (χ3n) is 2.71. The van der Waals surface area contributed by atoms with Gasteiger partial charge in [0.05, 0.1) is 6.10 Å². The highest BCUT2D eigenvalue weighted by atomic mass is 16.5. The highest BCUT2D eigenvalue weighted by Gasteiger charge is 2.14. The number of hydrogen-bond acceptors (Lipinski definition) is 3. The van der Waals surface area contributed by atoms with Gasteiger partial charge in [-0.1, -0.05) is 6.92 Å². The summed E-state index contributed by atoms with van der Waals surface area (Å²) < 4.78 is 5.56. The van der Waals surface area contributed by atoms with Gasteiger partial charge in [0, 0.05) is 6.61 Å². The van der Waals surface area contributed by atoms with E-state index in [2.05, 4.69) is 17.6 Å². The molecule has 0 saturated carbocycles. The molecule has 14 heavy (non-hydrogen) atoms. The van der Waals surface area contributed by atoms with Gasteiger partial charge >= 0.3 is 0 Å². The van der Waals surface area contributed by atoms with Crippen LogP contribution < -0.4 is 10.6 Å². The van der Waals surface area contributed by atoms with E-state index in [0.29, 0.717) is 12.0 Å². The minimum atomic E-state index is 0.530. The Bertz CT molecular complexity index is 135. The van der Waals surface area contributed by atoms with Gasteiger partial charge in [-0.15, -0.1) is 0 Å². The Kier molecular flexibility index (Phi) is 6.15. The highest BCUT2D eigenvalue weighted by molar-refractivity contribution is 4.67. The van der Waals surface area contributed by atoms with Crippen LogP contribution in [0.15, 0.2) is 0 Å². The predicted molar refractivity (Wildman–Crippen MR) is 59.6 cm³/mol. The summed E-state index contributed by atoms with van der Waals surface area (Å²) in [5.41, 5.74) is 0. The first-order valence-corrected chi connectivity index (χ1v) is 5.80. The second-order valence-electron chi connectivity index (χ2n) is 4.29. The third-order valence-corrected chi connectivity index (χ3v) is 2.71. The van der Waals surface area contributed by atoms with Crippen molar-refractivity contribution in [1.82, 2.24) is 10.6 Å². The Labute approximate surface area is 87.6 Å². The zero-order valence-electron chi connectivity index (χ0n) is 9.51. The molecule has 0 spiro atoms. The van der Waals surface area contributed by atoms with E-state index in [-0.39, 0.29) is 0 Å². The standard InChI is InChI=1S/C11H24N2O/c1-10(8-12-2)9-13-6-5-11-4-3-7-14-11/h10-13H,3-9H2,1-2H3. The summed E-state index contributed by atoms with van der Waals surface area (Å²) in [5, 5.41) is 6.66. The lowest BCUT2D eigenvalue weighted by atomic mass is 10.1. The first-order chi connectivity index (χ1) is 6.83. The molecule has 1 aliphatic heterocycles. The van der Waals surface area contributed by atoms with Crippen LogP contribution in [0, 0.1) is 5.92 Å². The van der Waals surface area contributed by atoms with Crippen LogP contribution in [-0.2, 0) is 4.74 Å². The first kappa shape index (κ1) is 12.0. The highest BCUT2D eigenvalue weighted by Crippen LogP contribution is 2.14. The Hall–Kier alpha value is -0.120. The monoisotopic (exact) mass is 200 g/mol. The van der Waals surface area contributed by atoms with E-state index in [4.69, 9.17) is 4.74 Å². The molecule has 1 heterocycles. The van der Waals surface area contributed by atoms with Crippen LogP contribution in [-0.4, -0.2) is 39.4 Å². The van der Waals surface area contributed by atoms with Crippen molar-refractivity contribution in [2.24, 2.45) is 5.92 Å². The van der Waals surface area contributed by atoms with Crippen LogP contribution in [0.25, 0.3) is 0 Å². The molecule has 0 aromatic carbocycles. The molecular formula is C11H24N2O. The molecule has 1 fully saturated rings. The zero-order chi connectivity index (χ0) is 10.2. The minimum Gasteiger partial charge on any atom is -0.378 e. The molecule has 0 aromatic rings. The van der Waals surface area contributed by atoms with Gasteiger partial charge in [0.25, 0.3) is 0 Å². The first-order valence-electron chi connectivity index (χ1n) is 5.80. The van der Waals surface area contributed by atoms with Gasteiger partial charge in [-0.25, -0.2) is 0 Å². The lowest BCUT2D eigenvalue weighted by molar-refractivity contribution is 0.104. The molecule has 0 aromatic heterocycles. The average Bonchev–Trinajstić information content (AvgIpc) is 2.65. The molecule has 0 bridgehead atoms. The summed E-state index contributed by atoms with van der Waals surface area (Å²) in [6, 6.07) is 0. The zero-order valence-corrected chi connectivity index (χ0v) is 9.51. The van der Waals surface area contributed by atoms with Crippen molar-refractivity contribution < 1.29 is 4.74 Å². The molecule has 1 saturated heterocycles. The smallest absolute Gasteiger partial charge is 0.0588 e. The summed E-state index contributed by atoms with van der Waals surface area (Å²) >= 11 is 0. The second kappa shape index (κ2) is 7.21. The third kappa shape index (κ3) is 4.94. The SMILES string of the molecule is CNCC(C)CNCCC1CCCO1. The lowest BCUT2D eigenvalue weighted by Gasteiger charge is -2.13. The molecule has 0 radical (unpaired) electrons. The van der Waals surface area contributed by atoms with E-state index in [1.54, 1.807) is 0 Å². The summed E-state index contributed by atoms with van der Waals surface area (Å²) in [4.78, 5) is 0. The Morgan fingerprint density at radius 1 is 1.43 bits per heavy atom. The predicted octanol–water partition coefficient (Wildman–Crippen LogP) is 1.00. The summed E-state index contributed by atoms with van der Waals surface area (Å²) in [5.74, 6) is 0.712. The van der Waals surface area contributed by atoms with Crippen LogP contribution >= 0.6 is 0 Å². The summed E-state index contributed by atoms with van der Waals surface area (Å²) in [6.45, 7) is 6.52. The average molecular weight is 200 g/mol. The Balaban J connectivity index is 1.88. The van der Waals surface area contributed by atoms with Crippen LogP contribution in [0.3, 0.4) is 0 Å². The number of nitrogens with one attached hydrogen (secondary N) is 2. The van der Waals surface area contributed by atoms with Crippen molar-refractivity contribution in [2.45, 2.75) is 32.3 Å². The van der Waals surface area contributed by atoms with Crippen molar-refractivity contribution in [3.05, 3.63) is 0 Å². The van der Waals surface area contributed by atoms with Gasteiger partial charge in [0.2, 0.25) is 0 Å². The van der Waals surface area contributed by atoms with Crippen molar-refractivity contribution in [1.29, 1.82) is 0 Å². The molecule has 2 unspecified atom stereocenters. The van der Waals surface area contributed by atoms with Crippen molar-refractivity contribution in [2.75, 3.05) is 33.3 Å². The quantitative estimate of drug-likeness (QED) is 0.602. The van der Waals surface area contributed by atoms with Crippen LogP contribution in [0.4, 0.5) is 0 Å². The number of rotatable bonds is 7. The maximum Gasteiger partial charge on any atom is 0.0588 e. The second-order valence-corrected chi connectivity index (χ2v) is 4.29. The van der Waals surface area contributed by atoms with Gasteiger partial charge in [-0.3, -0.25) is 0 Å². The van der Waals surface area contributed by atoms with Crippen molar-refractivity contribution in [3.8, 4) is 0 Å². The van der Waals surface area contributed by atoms with Gasteiger partial charge in [-0.05, 0) is 51.9 Å². The van der Waals surface area contributed by atoms with E-state index in [0.717, 1.165) is 26.2 Å². The summed E-state index contributed by atoms with van der Waals surface area (Å²) in [7, 11) is 2.00. The minimum absolute atomic E-state index is 0.530. The molecule has 2 atom stereocenters. The van der Waals surface area contributed by atoms with E-state index in [1.807, 2.05) is 7.05 Å². The van der Waals surface area contributed by atoms with E-state index in [1.165, 1.54) is 19.3 Å². The fraction of sp³-hybridized carbons (Fsp3) is 1.00. The topological polar surface area (TPSA) is 33.3 Å². The van der Waals surface area contributed by atoms with Crippen molar-refractivity contribution >= 4 is 0 Å². The Morgan fingerprint density at radius 3 is 2.93 bits per heavy atom. The van der Waals surface area contributed by atoms with Gasteiger partial charge in [-0.2, -0.15) is 0 Å². The molecular weight excluding hydrogens is 176 g/mol. The fourth-order valence-corrected chi connectivity index (χ4v) is 1.90. The maximum atomic E-state index is 5.56. The van der Waals surface area contributed by atoms with Gasteiger partial charge < -0.3 is 15.4 Å². The summed E-state index contributed by atoms with van der Waals surface area (Å²) in [6.07, 6.45) is 4.21. The van der Waals surface area contributed by atoms with Gasteiger partial charge in [0.1, 0.15) is 0 Å². The normalized spacial score (nSPS) is 24.0. The van der Waals surface area contributed by atoms with E-state index < -0.39 is 0 Å². The number of hydrogen-bond donors (Lipinski definition) is 2. The fourth-order valence-electron chi connectivity index (χ4n) is 1.90. The van der Waals surface area contributed by atoms with E-state index in [9.17, 15) is 0 Å². The molecule has 2 N–H and O–H groups in total. The molecule has 0 amide bonds. The Morgan fingerprint density at radius 2 is 2.29 bits per heavy atom. The maximum absolute atomic E-state index is 5.56. The van der Waals surface area contributed by atoms with Crippen LogP contribution in [0.2, 0.25) is 0 Å². The molecule has 1 aliphatic rings. The van der Waals surface area contributed by atoms with Crippen molar-refractivity contribution in [3.63, 3.8) is 0 Å². The molecule has 3 heteroatoms. The lowest BCUT2D eigenvalue weighted by Crippen LogP contribution is -2.29. The molecule has 1 rings (SSSR count). The molecule has 0 aliphatic carbocycles. The van der Waals surface area contributed by atoms with Gasteiger partial charge in [0.15, 0.2) is 0 Å². The largest absolute Gasteiger partial charge is 0.378 e. The van der Waals surface area contributed by atoms with E-state index >= 15 is 0 Å². The molecule has 3 nitrogen and oxygen atoms in total.